The van der Waals surface area contributed by atoms with E-state index in [-0.39, 0.29) is 12.6 Å². The topological polar surface area (TPSA) is 55.5 Å². The molecule has 1 atom stereocenters. The van der Waals surface area contributed by atoms with Gasteiger partial charge in [-0.1, -0.05) is 31.4 Å². The molecule has 106 valence electrons. The van der Waals surface area contributed by atoms with E-state index in [9.17, 15) is 0 Å². The molecule has 0 unspecified atom stereocenters. The molecule has 1 fully saturated rings. The molecule has 0 aromatic heterocycles. The molecule has 1 aliphatic rings. The van der Waals surface area contributed by atoms with Crippen molar-refractivity contribution in [1.29, 1.82) is 0 Å². The number of rotatable bonds is 6. The van der Waals surface area contributed by atoms with Gasteiger partial charge in [-0.3, -0.25) is 0 Å². The monoisotopic (exact) mass is 263 g/mol. The molecule has 3 heteroatoms. The highest BCUT2D eigenvalue weighted by atomic mass is 16.5. The van der Waals surface area contributed by atoms with Gasteiger partial charge in [0.1, 0.15) is 5.75 Å². The van der Waals surface area contributed by atoms with Gasteiger partial charge in [-0.2, -0.15) is 0 Å². The first-order chi connectivity index (χ1) is 9.29. The summed E-state index contributed by atoms with van der Waals surface area (Å²) >= 11 is 0. The van der Waals surface area contributed by atoms with Crippen LogP contribution in [0.5, 0.6) is 5.75 Å². The second-order valence-electron chi connectivity index (χ2n) is 5.51. The van der Waals surface area contributed by atoms with Gasteiger partial charge in [0.25, 0.3) is 0 Å². The Labute approximate surface area is 115 Å². The average Bonchev–Trinajstić information content (AvgIpc) is 2.47. The van der Waals surface area contributed by atoms with Crippen molar-refractivity contribution in [3.8, 4) is 5.75 Å². The summed E-state index contributed by atoms with van der Waals surface area (Å²) in [5.41, 5.74) is 7.04. The van der Waals surface area contributed by atoms with Gasteiger partial charge in [-0.25, -0.2) is 0 Å². The average molecular weight is 263 g/mol. The molecular formula is C16H25NO2. The third-order valence-corrected chi connectivity index (χ3v) is 3.94. The fraction of sp³-hybridized carbons (Fsp3) is 0.625. The van der Waals surface area contributed by atoms with Crippen molar-refractivity contribution in [2.24, 2.45) is 11.7 Å². The van der Waals surface area contributed by atoms with Crippen molar-refractivity contribution in [3.63, 3.8) is 0 Å². The number of aliphatic hydroxyl groups is 1. The molecule has 3 N–H and O–H groups in total. The minimum Gasteiger partial charge on any atom is -0.493 e. The lowest BCUT2D eigenvalue weighted by molar-refractivity contribution is 0.208. The maximum atomic E-state index is 8.93. The van der Waals surface area contributed by atoms with Crippen LogP contribution in [-0.2, 0) is 0 Å². The second-order valence-corrected chi connectivity index (χ2v) is 5.51. The highest BCUT2D eigenvalue weighted by Gasteiger charge is 2.14. The van der Waals surface area contributed by atoms with E-state index in [1.54, 1.807) is 0 Å². The van der Waals surface area contributed by atoms with Gasteiger partial charge in [0.05, 0.1) is 6.61 Å². The summed E-state index contributed by atoms with van der Waals surface area (Å²) in [5, 5.41) is 8.93. The molecule has 1 aromatic carbocycles. The minimum absolute atomic E-state index is 0.108. The summed E-state index contributed by atoms with van der Waals surface area (Å²) in [4.78, 5) is 0. The van der Waals surface area contributed by atoms with Crippen LogP contribution in [0.4, 0.5) is 0 Å². The van der Waals surface area contributed by atoms with E-state index in [1.165, 1.54) is 32.1 Å². The van der Waals surface area contributed by atoms with Crippen LogP contribution in [0.25, 0.3) is 0 Å². The van der Waals surface area contributed by atoms with E-state index in [4.69, 9.17) is 15.6 Å². The Bertz CT molecular complexity index is 375. The molecule has 0 amide bonds. The fourth-order valence-corrected chi connectivity index (χ4v) is 2.71. The third-order valence-electron chi connectivity index (χ3n) is 3.94. The first kappa shape index (κ1) is 14.4. The molecule has 19 heavy (non-hydrogen) atoms. The molecule has 0 heterocycles. The van der Waals surface area contributed by atoms with E-state index >= 15 is 0 Å². The van der Waals surface area contributed by atoms with Gasteiger partial charge >= 0.3 is 0 Å². The van der Waals surface area contributed by atoms with E-state index in [2.05, 4.69) is 0 Å². The Morgan fingerprint density at radius 1 is 1.26 bits per heavy atom. The van der Waals surface area contributed by atoms with Crippen molar-refractivity contribution in [3.05, 3.63) is 29.8 Å². The molecule has 0 bridgehead atoms. The third kappa shape index (κ3) is 4.51. The second kappa shape index (κ2) is 7.51. The van der Waals surface area contributed by atoms with Crippen LogP contribution in [-0.4, -0.2) is 18.3 Å². The van der Waals surface area contributed by atoms with Crippen LogP contribution < -0.4 is 10.5 Å². The number of hydrogen-bond donors (Lipinski definition) is 2. The molecule has 3 nitrogen and oxygen atoms in total. The van der Waals surface area contributed by atoms with E-state index in [0.717, 1.165) is 17.9 Å². The quantitative estimate of drug-likeness (QED) is 0.829. The maximum Gasteiger partial charge on any atom is 0.119 e. The molecule has 1 aliphatic carbocycles. The van der Waals surface area contributed by atoms with Crippen molar-refractivity contribution < 1.29 is 9.84 Å². The zero-order valence-electron chi connectivity index (χ0n) is 11.6. The Balaban J connectivity index is 1.87. The van der Waals surface area contributed by atoms with E-state index in [1.807, 2.05) is 24.3 Å². The zero-order chi connectivity index (χ0) is 13.5. The van der Waals surface area contributed by atoms with Gasteiger partial charge in [-0.05, 0) is 42.9 Å². The Morgan fingerprint density at radius 2 is 2.05 bits per heavy atom. The Morgan fingerprint density at radius 3 is 2.79 bits per heavy atom. The molecule has 2 rings (SSSR count). The smallest absolute Gasteiger partial charge is 0.119 e. The summed E-state index contributed by atoms with van der Waals surface area (Å²) in [5.74, 6) is 1.61. The highest BCUT2D eigenvalue weighted by Crippen LogP contribution is 2.25. The fourth-order valence-electron chi connectivity index (χ4n) is 2.71. The van der Waals surface area contributed by atoms with Crippen molar-refractivity contribution >= 4 is 0 Å². The van der Waals surface area contributed by atoms with Gasteiger partial charge in [0, 0.05) is 12.6 Å². The van der Waals surface area contributed by atoms with Crippen LogP contribution in [0.1, 0.15) is 50.1 Å². The normalized spacial score (nSPS) is 18.2. The number of hydrogen-bond acceptors (Lipinski definition) is 3. The molecule has 0 aliphatic heterocycles. The lowest BCUT2D eigenvalue weighted by Crippen LogP contribution is -2.16. The molecule has 0 radical (unpaired) electrons. The van der Waals surface area contributed by atoms with Crippen LogP contribution in [0, 0.1) is 5.92 Å². The molecule has 0 spiro atoms. The SMILES string of the molecule is N[C@H](CCO)c1cccc(OCC2CCCCC2)c1. The standard InChI is InChI=1S/C16H25NO2/c17-16(9-10-18)14-7-4-8-15(11-14)19-12-13-5-2-1-3-6-13/h4,7-8,11,13,16,18H,1-3,5-6,9-10,12,17H2/t16-/m1/s1. The van der Waals surface area contributed by atoms with Crippen LogP contribution >= 0.6 is 0 Å². The number of nitrogens with two attached hydrogens (primary N) is 1. The Hall–Kier alpha value is -1.06. The lowest BCUT2D eigenvalue weighted by atomic mass is 9.90. The first-order valence-corrected chi connectivity index (χ1v) is 7.39. The summed E-state index contributed by atoms with van der Waals surface area (Å²) in [6.45, 7) is 0.938. The largest absolute Gasteiger partial charge is 0.493 e. The number of benzene rings is 1. The lowest BCUT2D eigenvalue weighted by Gasteiger charge is -2.22. The zero-order valence-corrected chi connectivity index (χ0v) is 11.6. The van der Waals surface area contributed by atoms with Crippen LogP contribution in [0.15, 0.2) is 24.3 Å². The Kier molecular flexibility index (Phi) is 5.67. The summed E-state index contributed by atoms with van der Waals surface area (Å²) in [6, 6.07) is 7.85. The highest BCUT2D eigenvalue weighted by molar-refractivity contribution is 5.30. The summed E-state index contributed by atoms with van der Waals surface area (Å²) < 4.78 is 5.90. The van der Waals surface area contributed by atoms with Gasteiger partial charge < -0.3 is 15.6 Å². The van der Waals surface area contributed by atoms with E-state index < -0.39 is 0 Å². The van der Waals surface area contributed by atoms with Crippen molar-refractivity contribution in [2.75, 3.05) is 13.2 Å². The van der Waals surface area contributed by atoms with Gasteiger partial charge in [-0.15, -0.1) is 0 Å². The predicted octanol–water partition coefficient (Wildman–Crippen LogP) is 3.03. The summed E-state index contributed by atoms with van der Waals surface area (Å²) in [6.07, 6.45) is 7.24. The number of aliphatic hydroxyl groups excluding tert-OH is 1. The minimum atomic E-state index is -0.108. The summed E-state index contributed by atoms with van der Waals surface area (Å²) in [7, 11) is 0. The van der Waals surface area contributed by atoms with Crippen LogP contribution in [0.2, 0.25) is 0 Å². The van der Waals surface area contributed by atoms with Gasteiger partial charge in [0.2, 0.25) is 0 Å². The molecular weight excluding hydrogens is 238 g/mol. The van der Waals surface area contributed by atoms with Crippen molar-refractivity contribution in [2.45, 2.75) is 44.6 Å². The molecule has 1 aromatic rings. The number of ether oxygens (including phenoxy) is 1. The first-order valence-electron chi connectivity index (χ1n) is 7.39. The van der Waals surface area contributed by atoms with Crippen LogP contribution in [0.3, 0.4) is 0 Å². The molecule has 0 saturated heterocycles. The van der Waals surface area contributed by atoms with Gasteiger partial charge in [0.15, 0.2) is 0 Å². The van der Waals surface area contributed by atoms with E-state index in [0.29, 0.717) is 12.3 Å². The maximum absolute atomic E-state index is 8.93. The predicted molar refractivity (Wildman–Crippen MR) is 77.1 cm³/mol. The molecule has 1 saturated carbocycles. The van der Waals surface area contributed by atoms with Crippen molar-refractivity contribution in [1.82, 2.24) is 0 Å².